The summed E-state index contributed by atoms with van der Waals surface area (Å²) in [5, 5.41) is 6.52. The third kappa shape index (κ3) is 3.53. The van der Waals surface area contributed by atoms with Crippen molar-refractivity contribution in [2.45, 2.75) is 19.8 Å². The van der Waals surface area contributed by atoms with E-state index in [1.165, 1.54) is 0 Å². The van der Waals surface area contributed by atoms with E-state index in [0.29, 0.717) is 11.7 Å². The van der Waals surface area contributed by atoms with Gasteiger partial charge in [-0.1, -0.05) is 35.8 Å². The monoisotopic (exact) mass is 372 g/mol. The van der Waals surface area contributed by atoms with Crippen molar-refractivity contribution in [3.05, 3.63) is 52.8 Å². The average Bonchev–Trinajstić information content (AvgIpc) is 2.90. The van der Waals surface area contributed by atoms with Crippen LogP contribution in [-0.2, 0) is 0 Å². The molecule has 23 heavy (non-hydrogen) atoms. The number of benzene rings is 1. The van der Waals surface area contributed by atoms with E-state index < -0.39 is 0 Å². The Morgan fingerprint density at radius 1 is 1.22 bits per heavy atom. The van der Waals surface area contributed by atoms with E-state index in [-0.39, 0.29) is 6.03 Å². The van der Waals surface area contributed by atoms with E-state index in [1.807, 2.05) is 24.3 Å². The van der Waals surface area contributed by atoms with Gasteiger partial charge in [0.15, 0.2) is 0 Å². The maximum Gasteiger partial charge on any atom is 0.324 e. The molecule has 3 rings (SSSR count). The summed E-state index contributed by atoms with van der Waals surface area (Å²) in [5.74, 6) is 0.933. The minimum Gasteiger partial charge on any atom is -0.359 e. The van der Waals surface area contributed by atoms with Crippen molar-refractivity contribution < 1.29 is 4.79 Å². The maximum absolute atomic E-state index is 12.1. The van der Waals surface area contributed by atoms with Crippen molar-refractivity contribution in [2.75, 3.05) is 10.6 Å². The molecule has 3 N–H and O–H groups in total. The number of pyridine rings is 1. The Kier molecular flexibility index (Phi) is 4.34. The Balaban J connectivity index is 1.72. The van der Waals surface area contributed by atoms with E-state index in [0.717, 1.165) is 26.6 Å². The molecular weight excluding hydrogens is 356 g/mol. The van der Waals surface area contributed by atoms with Crippen LogP contribution >= 0.6 is 15.9 Å². The lowest BCUT2D eigenvalue weighted by Gasteiger charge is -2.08. The van der Waals surface area contributed by atoms with Crippen LogP contribution in [0.2, 0.25) is 0 Å². The molecule has 118 valence electrons. The number of aromatic amines is 1. The molecule has 0 bridgehead atoms. The molecule has 0 saturated carbocycles. The van der Waals surface area contributed by atoms with Crippen molar-refractivity contribution in [3.8, 4) is 0 Å². The second kappa shape index (κ2) is 6.42. The van der Waals surface area contributed by atoms with Gasteiger partial charge in [0.25, 0.3) is 0 Å². The Morgan fingerprint density at radius 3 is 2.74 bits per heavy atom. The number of hydrogen-bond donors (Lipinski definition) is 3. The van der Waals surface area contributed by atoms with Crippen LogP contribution in [0.1, 0.15) is 25.3 Å². The van der Waals surface area contributed by atoms with Crippen LogP contribution in [-0.4, -0.2) is 16.0 Å². The van der Waals surface area contributed by atoms with E-state index in [9.17, 15) is 4.79 Å². The molecule has 0 fully saturated rings. The Labute approximate surface area is 142 Å². The summed E-state index contributed by atoms with van der Waals surface area (Å²) in [6, 6.07) is 9.31. The smallest absolute Gasteiger partial charge is 0.324 e. The molecule has 1 aromatic carbocycles. The van der Waals surface area contributed by atoms with E-state index >= 15 is 0 Å². The lowest BCUT2D eigenvalue weighted by atomic mass is 10.1. The van der Waals surface area contributed by atoms with Gasteiger partial charge in [-0.05, 0) is 35.7 Å². The summed E-state index contributed by atoms with van der Waals surface area (Å²) in [6.45, 7) is 4.21. The number of amides is 2. The van der Waals surface area contributed by atoms with Crippen molar-refractivity contribution in [1.29, 1.82) is 0 Å². The van der Waals surface area contributed by atoms with Crippen LogP contribution in [0.3, 0.4) is 0 Å². The van der Waals surface area contributed by atoms with Gasteiger partial charge in [0.2, 0.25) is 0 Å². The van der Waals surface area contributed by atoms with Crippen LogP contribution in [0.4, 0.5) is 16.3 Å². The molecule has 0 aliphatic carbocycles. The largest absolute Gasteiger partial charge is 0.359 e. The topological polar surface area (TPSA) is 69.8 Å². The minimum absolute atomic E-state index is 0.323. The number of nitrogens with one attached hydrogen (secondary N) is 3. The summed E-state index contributed by atoms with van der Waals surface area (Å²) in [4.78, 5) is 19.5. The first-order valence-electron chi connectivity index (χ1n) is 7.33. The van der Waals surface area contributed by atoms with Gasteiger partial charge >= 0.3 is 6.03 Å². The van der Waals surface area contributed by atoms with Gasteiger partial charge in [0.05, 0.1) is 5.69 Å². The fraction of sp³-hybridized carbons (Fsp3) is 0.176. The molecular formula is C17H17BrN4O. The van der Waals surface area contributed by atoms with Gasteiger partial charge < -0.3 is 10.3 Å². The van der Waals surface area contributed by atoms with Crippen molar-refractivity contribution in [2.24, 2.45) is 0 Å². The zero-order valence-corrected chi connectivity index (χ0v) is 14.4. The zero-order valence-electron chi connectivity index (χ0n) is 12.9. The second-order valence-corrected chi connectivity index (χ2v) is 6.52. The standard InChI is InChI=1S/C17H17BrN4O/c1-10(2)11-3-6-16(20-8-11)22-17(23)21-15-9-19-14-5-4-12(18)7-13(14)15/h3-10,19H,1-2H3,(H2,20,21,22,23). The summed E-state index contributed by atoms with van der Waals surface area (Å²) in [6.07, 6.45) is 3.55. The van der Waals surface area contributed by atoms with Gasteiger partial charge in [-0.25, -0.2) is 9.78 Å². The van der Waals surface area contributed by atoms with E-state index in [2.05, 4.69) is 50.4 Å². The van der Waals surface area contributed by atoms with Crippen molar-refractivity contribution in [3.63, 3.8) is 0 Å². The number of urea groups is 1. The third-order valence-electron chi connectivity index (χ3n) is 3.59. The predicted molar refractivity (Wildman–Crippen MR) is 97.0 cm³/mol. The lowest BCUT2D eigenvalue weighted by Crippen LogP contribution is -2.19. The second-order valence-electron chi connectivity index (χ2n) is 5.60. The number of aromatic nitrogens is 2. The number of halogens is 1. The summed E-state index contributed by atoms with van der Waals surface area (Å²) < 4.78 is 0.957. The number of hydrogen-bond acceptors (Lipinski definition) is 2. The van der Waals surface area contributed by atoms with Gasteiger partial charge in [0, 0.05) is 27.8 Å². The van der Waals surface area contributed by atoms with Crippen LogP contribution in [0, 0.1) is 0 Å². The predicted octanol–water partition coefficient (Wildman–Crippen LogP) is 5.09. The first-order valence-corrected chi connectivity index (χ1v) is 8.13. The molecule has 2 heterocycles. The fourth-order valence-electron chi connectivity index (χ4n) is 2.29. The van der Waals surface area contributed by atoms with Crippen molar-refractivity contribution in [1.82, 2.24) is 9.97 Å². The number of carbonyl (C=O) groups excluding carboxylic acids is 1. The molecule has 0 spiro atoms. The van der Waals surface area contributed by atoms with Crippen LogP contribution in [0.25, 0.3) is 10.9 Å². The van der Waals surface area contributed by atoms with E-state index in [1.54, 1.807) is 18.5 Å². The normalized spacial score (nSPS) is 11.0. The Morgan fingerprint density at radius 2 is 2.04 bits per heavy atom. The number of fused-ring (bicyclic) bond motifs is 1. The summed E-state index contributed by atoms with van der Waals surface area (Å²) >= 11 is 3.44. The quantitative estimate of drug-likeness (QED) is 0.598. The average molecular weight is 373 g/mol. The van der Waals surface area contributed by atoms with Crippen LogP contribution in [0.5, 0.6) is 0 Å². The molecule has 0 atom stereocenters. The highest BCUT2D eigenvalue weighted by molar-refractivity contribution is 9.10. The van der Waals surface area contributed by atoms with Gasteiger partial charge in [-0.15, -0.1) is 0 Å². The first-order chi connectivity index (χ1) is 11.0. The Hall–Kier alpha value is -2.34. The number of nitrogens with zero attached hydrogens (tertiary/aromatic N) is 1. The van der Waals surface area contributed by atoms with E-state index in [4.69, 9.17) is 0 Å². The summed E-state index contributed by atoms with van der Waals surface area (Å²) in [5.41, 5.74) is 2.82. The number of anilines is 2. The molecule has 3 aromatic rings. The molecule has 0 radical (unpaired) electrons. The van der Waals surface area contributed by atoms with Crippen molar-refractivity contribution >= 4 is 44.4 Å². The zero-order chi connectivity index (χ0) is 16.4. The fourth-order valence-corrected chi connectivity index (χ4v) is 2.65. The number of carbonyl (C=O) groups is 1. The van der Waals surface area contributed by atoms with Crippen LogP contribution in [0.15, 0.2) is 47.2 Å². The van der Waals surface area contributed by atoms with Gasteiger partial charge in [0.1, 0.15) is 5.82 Å². The Bertz CT molecular complexity index is 839. The van der Waals surface area contributed by atoms with Gasteiger partial charge in [-0.2, -0.15) is 0 Å². The number of H-pyrrole nitrogens is 1. The number of rotatable bonds is 3. The summed E-state index contributed by atoms with van der Waals surface area (Å²) in [7, 11) is 0. The molecule has 2 amide bonds. The molecule has 2 aromatic heterocycles. The van der Waals surface area contributed by atoms with Crippen LogP contribution < -0.4 is 10.6 Å². The lowest BCUT2D eigenvalue weighted by molar-refractivity contribution is 0.262. The molecule has 0 saturated heterocycles. The molecule has 0 unspecified atom stereocenters. The highest BCUT2D eigenvalue weighted by Crippen LogP contribution is 2.26. The minimum atomic E-state index is -0.323. The highest BCUT2D eigenvalue weighted by Gasteiger charge is 2.09. The SMILES string of the molecule is CC(C)c1ccc(NC(=O)Nc2c[nH]c3ccc(Br)cc23)nc1. The molecule has 6 heteroatoms. The maximum atomic E-state index is 12.1. The molecule has 0 aliphatic rings. The molecule has 5 nitrogen and oxygen atoms in total. The third-order valence-corrected chi connectivity index (χ3v) is 4.08. The highest BCUT2D eigenvalue weighted by atomic mass is 79.9. The first kappa shape index (κ1) is 15.6. The van der Waals surface area contributed by atoms with Gasteiger partial charge in [-0.3, -0.25) is 5.32 Å². The molecule has 0 aliphatic heterocycles.